The highest BCUT2D eigenvalue weighted by Crippen LogP contribution is 2.49. The van der Waals surface area contributed by atoms with Crippen molar-refractivity contribution in [3.8, 4) is 22.6 Å². The largest absolute Gasteiger partial charge is 0.479 e. The van der Waals surface area contributed by atoms with Gasteiger partial charge in [0.15, 0.2) is 11.9 Å². The first-order chi connectivity index (χ1) is 22.5. The highest BCUT2D eigenvalue weighted by atomic mass is 16.5. The lowest BCUT2D eigenvalue weighted by molar-refractivity contribution is -0.160. The van der Waals surface area contributed by atoms with Crippen LogP contribution in [0.25, 0.3) is 32.9 Å². The molecule has 6 aromatic rings. The number of hydrogen-bond acceptors (Lipinski definition) is 7. The van der Waals surface area contributed by atoms with Crippen LogP contribution < -0.4 is 9.64 Å². The number of rotatable bonds is 7. The molecule has 3 aromatic carbocycles. The van der Waals surface area contributed by atoms with Crippen LogP contribution in [0.4, 0.5) is 11.6 Å². The van der Waals surface area contributed by atoms with Crippen molar-refractivity contribution in [2.75, 3.05) is 11.4 Å². The number of nitrogens with zero attached hydrogens (tertiary/aromatic N) is 5. The summed E-state index contributed by atoms with van der Waals surface area (Å²) < 4.78 is 14.8. The van der Waals surface area contributed by atoms with Gasteiger partial charge in [0.05, 0.1) is 34.7 Å². The summed E-state index contributed by atoms with van der Waals surface area (Å²) in [6.07, 6.45) is 3.86. The molecule has 0 radical (unpaired) electrons. The molecule has 0 saturated heterocycles. The second-order valence-electron chi connectivity index (χ2n) is 13.1. The third-order valence-electron chi connectivity index (χ3n) is 8.63. The first-order valence-corrected chi connectivity index (χ1v) is 15.8. The maximum Gasteiger partial charge on any atom is 0.337 e. The number of pyridine rings is 1. The number of anilines is 2. The van der Waals surface area contributed by atoms with E-state index in [1.165, 1.54) is 0 Å². The van der Waals surface area contributed by atoms with E-state index in [0.717, 1.165) is 62.0 Å². The first kappa shape index (κ1) is 30.4. The van der Waals surface area contributed by atoms with Crippen molar-refractivity contribution in [2.24, 2.45) is 0 Å². The molecule has 7 rings (SSSR count). The van der Waals surface area contributed by atoms with Gasteiger partial charge < -0.3 is 24.0 Å². The maximum absolute atomic E-state index is 13.0. The molecular formula is C38H37N5O4. The number of carboxylic acids is 1. The predicted octanol–water partition coefficient (Wildman–Crippen LogP) is 8.46. The molecule has 4 heterocycles. The summed E-state index contributed by atoms with van der Waals surface area (Å²) in [5.74, 6) is 0.640. The molecule has 9 heteroatoms. The average molecular weight is 628 g/mol. The van der Waals surface area contributed by atoms with Gasteiger partial charge in [-0.15, -0.1) is 0 Å². The molecule has 0 aliphatic carbocycles. The fraction of sp³-hybridized carbons (Fsp3) is 0.263. The van der Waals surface area contributed by atoms with Gasteiger partial charge in [0.25, 0.3) is 0 Å². The Labute approximate surface area is 273 Å². The molecular weight excluding hydrogens is 590 g/mol. The lowest BCUT2D eigenvalue weighted by Gasteiger charge is -2.35. The van der Waals surface area contributed by atoms with Crippen LogP contribution in [-0.4, -0.2) is 42.7 Å². The highest BCUT2D eigenvalue weighted by molar-refractivity contribution is 6.08. The third kappa shape index (κ3) is 5.46. The topological polar surface area (TPSA) is 103 Å². The van der Waals surface area contributed by atoms with Crippen molar-refractivity contribution in [1.82, 2.24) is 19.5 Å². The minimum Gasteiger partial charge on any atom is -0.479 e. The number of fused-ring (bicyclic) bond motifs is 1. The van der Waals surface area contributed by atoms with Crippen molar-refractivity contribution >= 4 is 39.4 Å². The number of ether oxygens (including phenoxy) is 2. The van der Waals surface area contributed by atoms with Crippen LogP contribution in [0.15, 0.2) is 79.3 Å². The summed E-state index contributed by atoms with van der Waals surface area (Å²) in [5, 5.41) is 12.5. The standard InChI is InChI=1S/C38H37N5O4/c1-22-11-13-25(14-12-22)32-28-19-23(2)42-17-18-43(33(34(28)42)24(3)31(32)35(36(44)45)47-38(4,5)6)37-40-20-26(21-41-37)46-30-15-16-39-29-10-8-7-9-27(29)30/h7-16,19-21,35H,17-18H2,1-6H3,(H,44,45). The van der Waals surface area contributed by atoms with Gasteiger partial charge in [0.1, 0.15) is 5.75 Å². The Bertz CT molecular complexity index is 2140. The second kappa shape index (κ2) is 11.5. The van der Waals surface area contributed by atoms with Crippen molar-refractivity contribution in [3.05, 3.63) is 102 Å². The minimum absolute atomic E-state index is 0.503. The van der Waals surface area contributed by atoms with E-state index in [-0.39, 0.29) is 0 Å². The summed E-state index contributed by atoms with van der Waals surface area (Å²) in [5.41, 5.74) is 7.53. The van der Waals surface area contributed by atoms with Gasteiger partial charge >= 0.3 is 5.97 Å². The molecule has 0 amide bonds. The van der Waals surface area contributed by atoms with Gasteiger partial charge in [-0.3, -0.25) is 4.98 Å². The zero-order chi connectivity index (χ0) is 33.0. The lowest BCUT2D eigenvalue weighted by atomic mass is 9.87. The molecule has 1 N–H and O–H groups in total. The van der Waals surface area contributed by atoms with Gasteiger partial charge in [-0.05, 0) is 82.5 Å². The van der Waals surface area contributed by atoms with Crippen molar-refractivity contribution in [3.63, 3.8) is 0 Å². The zero-order valence-corrected chi connectivity index (χ0v) is 27.4. The van der Waals surface area contributed by atoms with E-state index in [9.17, 15) is 9.90 Å². The van der Waals surface area contributed by atoms with Crippen LogP contribution in [-0.2, 0) is 16.1 Å². The van der Waals surface area contributed by atoms with E-state index in [0.29, 0.717) is 29.6 Å². The van der Waals surface area contributed by atoms with Gasteiger partial charge in [0, 0.05) is 41.3 Å². The summed E-state index contributed by atoms with van der Waals surface area (Å²) in [7, 11) is 0. The number of para-hydroxylation sites is 1. The lowest BCUT2D eigenvalue weighted by Crippen LogP contribution is -2.32. The molecule has 0 bridgehead atoms. The quantitative estimate of drug-likeness (QED) is 0.188. The summed E-state index contributed by atoms with van der Waals surface area (Å²) in [6.45, 7) is 13.1. The fourth-order valence-corrected chi connectivity index (χ4v) is 6.62. The molecule has 238 valence electrons. The number of carbonyl (C=O) groups is 1. The van der Waals surface area contributed by atoms with Gasteiger partial charge in [-0.1, -0.05) is 42.0 Å². The van der Waals surface area contributed by atoms with E-state index in [4.69, 9.17) is 19.4 Å². The molecule has 1 aliphatic rings. The Kier molecular flexibility index (Phi) is 7.44. The predicted molar refractivity (Wildman–Crippen MR) is 184 cm³/mol. The molecule has 0 saturated carbocycles. The van der Waals surface area contributed by atoms with E-state index in [2.05, 4.69) is 51.7 Å². The molecule has 0 spiro atoms. The second-order valence-corrected chi connectivity index (χ2v) is 13.1. The Morgan fingerprint density at radius 2 is 1.64 bits per heavy atom. The van der Waals surface area contributed by atoms with Gasteiger partial charge in [-0.25, -0.2) is 14.8 Å². The normalized spacial score (nSPS) is 13.7. The highest BCUT2D eigenvalue weighted by Gasteiger charge is 2.36. The fourth-order valence-electron chi connectivity index (χ4n) is 6.62. The first-order valence-electron chi connectivity index (χ1n) is 15.8. The van der Waals surface area contributed by atoms with E-state index >= 15 is 0 Å². The molecule has 1 unspecified atom stereocenters. The van der Waals surface area contributed by atoms with E-state index in [1.54, 1.807) is 18.6 Å². The van der Waals surface area contributed by atoms with Crippen molar-refractivity contribution in [2.45, 2.75) is 59.8 Å². The van der Waals surface area contributed by atoms with Crippen molar-refractivity contribution < 1.29 is 19.4 Å². The Morgan fingerprint density at radius 1 is 0.915 bits per heavy atom. The van der Waals surface area contributed by atoms with Crippen LogP contribution in [0.2, 0.25) is 0 Å². The van der Waals surface area contributed by atoms with Crippen LogP contribution in [0, 0.1) is 20.8 Å². The third-order valence-corrected chi connectivity index (χ3v) is 8.63. The average Bonchev–Trinajstić information content (AvgIpc) is 3.38. The smallest absolute Gasteiger partial charge is 0.337 e. The van der Waals surface area contributed by atoms with Gasteiger partial charge in [-0.2, -0.15) is 0 Å². The minimum atomic E-state index is -1.20. The Hall–Kier alpha value is -5.28. The summed E-state index contributed by atoms with van der Waals surface area (Å²) in [6, 6.07) is 20.0. The maximum atomic E-state index is 13.0. The van der Waals surface area contributed by atoms with Crippen LogP contribution in [0.1, 0.15) is 49.3 Å². The summed E-state index contributed by atoms with van der Waals surface area (Å²) >= 11 is 0. The molecule has 0 fully saturated rings. The van der Waals surface area contributed by atoms with Crippen LogP contribution in [0.3, 0.4) is 0 Å². The van der Waals surface area contributed by atoms with E-state index in [1.807, 2.05) is 65.0 Å². The number of aromatic nitrogens is 4. The Morgan fingerprint density at radius 3 is 2.34 bits per heavy atom. The monoisotopic (exact) mass is 627 g/mol. The number of hydrogen-bond donors (Lipinski definition) is 1. The van der Waals surface area contributed by atoms with Crippen LogP contribution in [0.5, 0.6) is 11.5 Å². The SMILES string of the molecule is Cc1ccc(-c2c(C(OC(C)(C)C)C(=O)O)c(C)c3c4c2cc(C)n4CCN3c2ncc(Oc3ccnc4ccccc34)cn2)cc1. The van der Waals surface area contributed by atoms with Crippen LogP contribution >= 0.6 is 0 Å². The molecule has 9 nitrogen and oxygen atoms in total. The molecule has 1 aliphatic heterocycles. The zero-order valence-electron chi connectivity index (χ0n) is 27.4. The van der Waals surface area contributed by atoms with Gasteiger partial charge in [0.2, 0.25) is 5.95 Å². The Balaban J connectivity index is 1.39. The molecule has 3 aromatic heterocycles. The molecule has 1 atom stereocenters. The number of carboxylic acid groups (broad SMARTS) is 1. The summed E-state index contributed by atoms with van der Waals surface area (Å²) in [4.78, 5) is 29.1. The van der Waals surface area contributed by atoms with E-state index < -0.39 is 17.7 Å². The number of aryl methyl sites for hydroxylation is 2. The van der Waals surface area contributed by atoms with Crippen molar-refractivity contribution in [1.29, 1.82) is 0 Å². The number of benzene rings is 3. The number of aliphatic carboxylic acids is 1. The molecule has 47 heavy (non-hydrogen) atoms.